The normalized spacial score (nSPS) is 12.9. The molecule has 0 aliphatic carbocycles. The van der Waals surface area contributed by atoms with Gasteiger partial charge in [0.1, 0.15) is 5.82 Å². The average Bonchev–Trinajstić information content (AvgIpc) is 2.93. The van der Waals surface area contributed by atoms with Crippen LogP contribution in [0, 0.1) is 0 Å². The highest BCUT2D eigenvalue weighted by molar-refractivity contribution is 5.67. The average molecular weight is 291 g/mol. The SMILES string of the molecule is CCCC(C)(C)c1nc(-c2cnn(C(C)(C)C)c2N)no1. The Kier molecular flexibility index (Phi) is 3.82. The van der Waals surface area contributed by atoms with Gasteiger partial charge in [-0.05, 0) is 27.2 Å². The van der Waals surface area contributed by atoms with Crippen LogP contribution in [0.3, 0.4) is 0 Å². The molecule has 0 bridgehead atoms. The van der Waals surface area contributed by atoms with Gasteiger partial charge in [0, 0.05) is 5.41 Å². The van der Waals surface area contributed by atoms with Crippen LogP contribution in [0.2, 0.25) is 0 Å². The van der Waals surface area contributed by atoms with Gasteiger partial charge in [-0.3, -0.25) is 0 Å². The van der Waals surface area contributed by atoms with Crippen molar-refractivity contribution in [3.8, 4) is 11.4 Å². The van der Waals surface area contributed by atoms with Gasteiger partial charge in [0.25, 0.3) is 0 Å². The van der Waals surface area contributed by atoms with Crippen LogP contribution in [0.15, 0.2) is 10.7 Å². The number of nitrogens with zero attached hydrogens (tertiary/aromatic N) is 4. The molecule has 0 aromatic carbocycles. The first-order valence-electron chi connectivity index (χ1n) is 7.35. The van der Waals surface area contributed by atoms with Crippen LogP contribution in [-0.2, 0) is 11.0 Å². The number of hydrogen-bond acceptors (Lipinski definition) is 5. The molecule has 0 spiro atoms. The van der Waals surface area contributed by atoms with Gasteiger partial charge in [-0.25, -0.2) is 4.68 Å². The van der Waals surface area contributed by atoms with Crippen molar-refractivity contribution >= 4 is 5.82 Å². The van der Waals surface area contributed by atoms with Crippen LogP contribution in [0.4, 0.5) is 5.82 Å². The zero-order chi connectivity index (χ0) is 15.8. The fraction of sp³-hybridized carbons (Fsp3) is 0.667. The third-order valence-corrected chi connectivity index (χ3v) is 3.56. The summed E-state index contributed by atoms with van der Waals surface area (Å²) in [5.74, 6) is 1.70. The monoisotopic (exact) mass is 291 g/mol. The van der Waals surface area contributed by atoms with Gasteiger partial charge >= 0.3 is 0 Å². The highest BCUT2D eigenvalue weighted by atomic mass is 16.5. The second-order valence-electron chi connectivity index (χ2n) is 7.08. The Balaban J connectivity index is 2.37. The van der Waals surface area contributed by atoms with Crippen LogP contribution in [-0.4, -0.2) is 19.9 Å². The van der Waals surface area contributed by atoms with E-state index in [1.54, 1.807) is 10.9 Å². The van der Waals surface area contributed by atoms with E-state index in [2.05, 4.69) is 36.0 Å². The van der Waals surface area contributed by atoms with Crippen LogP contribution in [0.5, 0.6) is 0 Å². The fourth-order valence-corrected chi connectivity index (χ4v) is 2.40. The van der Waals surface area contributed by atoms with Crippen LogP contribution >= 0.6 is 0 Å². The van der Waals surface area contributed by atoms with Crippen molar-refractivity contribution in [2.75, 3.05) is 5.73 Å². The fourth-order valence-electron chi connectivity index (χ4n) is 2.40. The van der Waals surface area contributed by atoms with Gasteiger partial charge in [0.05, 0.1) is 17.3 Å². The third kappa shape index (κ3) is 2.94. The maximum atomic E-state index is 6.18. The molecule has 0 saturated heterocycles. The molecule has 116 valence electrons. The third-order valence-electron chi connectivity index (χ3n) is 3.56. The van der Waals surface area contributed by atoms with E-state index in [1.807, 2.05) is 20.8 Å². The summed E-state index contributed by atoms with van der Waals surface area (Å²) in [5.41, 5.74) is 6.58. The van der Waals surface area contributed by atoms with Crippen molar-refractivity contribution in [1.82, 2.24) is 19.9 Å². The molecule has 0 aliphatic heterocycles. The summed E-state index contributed by atoms with van der Waals surface area (Å²) in [7, 11) is 0. The molecule has 2 aromatic rings. The topological polar surface area (TPSA) is 82.8 Å². The van der Waals surface area contributed by atoms with Crippen molar-refractivity contribution in [1.29, 1.82) is 0 Å². The number of nitrogen functional groups attached to an aromatic ring is 1. The second kappa shape index (κ2) is 5.16. The molecule has 2 N–H and O–H groups in total. The standard InChI is InChI=1S/C15H25N5O/c1-7-8-15(5,6)13-18-12(19-21-13)10-9-17-20(11(10)16)14(2,3)4/h9H,7-8,16H2,1-6H3. The molecule has 0 amide bonds. The summed E-state index contributed by atoms with van der Waals surface area (Å²) in [6.07, 6.45) is 3.75. The Hall–Kier alpha value is -1.85. The summed E-state index contributed by atoms with van der Waals surface area (Å²) < 4.78 is 7.21. The van der Waals surface area contributed by atoms with E-state index in [1.165, 1.54) is 0 Å². The van der Waals surface area contributed by atoms with Gasteiger partial charge < -0.3 is 10.3 Å². The summed E-state index contributed by atoms with van der Waals surface area (Å²) >= 11 is 0. The molecule has 6 nitrogen and oxygen atoms in total. The molecule has 0 saturated carbocycles. The molecule has 6 heteroatoms. The van der Waals surface area contributed by atoms with Crippen molar-refractivity contribution in [3.05, 3.63) is 12.1 Å². The Bertz CT molecular complexity index is 618. The minimum Gasteiger partial charge on any atom is -0.383 e. The van der Waals surface area contributed by atoms with E-state index < -0.39 is 0 Å². The predicted molar refractivity (Wildman–Crippen MR) is 82.9 cm³/mol. The first-order valence-corrected chi connectivity index (χ1v) is 7.35. The first-order chi connectivity index (χ1) is 9.66. The molecule has 0 aliphatic rings. The van der Waals surface area contributed by atoms with Crippen molar-refractivity contribution < 1.29 is 4.52 Å². The maximum Gasteiger partial charge on any atom is 0.232 e. The van der Waals surface area contributed by atoms with E-state index in [9.17, 15) is 0 Å². The molecule has 0 fully saturated rings. The lowest BCUT2D eigenvalue weighted by Gasteiger charge is -2.20. The minimum atomic E-state index is -0.184. The molecular formula is C15H25N5O. The Labute approximate surface area is 125 Å². The molecule has 0 unspecified atom stereocenters. The quantitative estimate of drug-likeness (QED) is 0.934. The predicted octanol–water partition coefficient (Wildman–Crippen LogP) is 3.35. The van der Waals surface area contributed by atoms with Gasteiger partial charge in [0.15, 0.2) is 0 Å². The summed E-state index contributed by atoms with van der Waals surface area (Å²) in [6, 6.07) is 0. The summed E-state index contributed by atoms with van der Waals surface area (Å²) in [5, 5.41) is 8.41. The lowest BCUT2D eigenvalue weighted by atomic mass is 9.88. The van der Waals surface area contributed by atoms with Gasteiger partial charge in [0.2, 0.25) is 11.7 Å². The Morgan fingerprint density at radius 2 is 1.90 bits per heavy atom. The first kappa shape index (κ1) is 15.5. The number of hydrogen-bond donors (Lipinski definition) is 1. The summed E-state index contributed by atoms with van der Waals surface area (Å²) in [4.78, 5) is 4.52. The summed E-state index contributed by atoms with van der Waals surface area (Å²) in [6.45, 7) is 12.5. The highest BCUT2D eigenvalue weighted by Crippen LogP contribution is 2.31. The minimum absolute atomic E-state index is 0.130. The van der Waals surface area contributed by atoms with Crippen molar-refractivity contribution in [3.63, 3.8) is 0 Å². The van der Waals surface area contributed by atoms with E-state index in [4.69, 9.17) is 10.3 Å². The Morgan fingerprint density at radius 1 is 1.24 bits per heavy atom. The van der Waals surface area contributed by atoms with Crippen LogP contribution in [0.25, 0.3) is 11.4 Å². The second-order valence-corrected chi connectivity index (χ2v) is 7.08. The van der Waals surface area contributed by atoms with Crippen LogP contribution in [0.1, 0.15) is 60.3 Å². The van der Waals surface area contributed by atoms with E-state index >= 15 is 0 Å². The van der Waals surface area contributed by atoms with Gasteiger partial charge in [-0.1, -0.05) is 32.3 Å². The molecule has 0 atom stereocenters. The maximum absolute atomic E-state index is 6.18. The number of aromatic nitrogens is 4. The molecule has 0 radical (unpaired) electrons. The number of anilines is 1. The number of nitrogens with two attached hydrogens (primary N) is 1. The van der Waals surface area contributed by atoms with Crippen molar-refractivity contribution in [2.45, 2.75) is 65.3 Å². The molecule has 2 aromatic heterocycles. The molecule has 21 heavy (non-hydrogen) atoms. The molecule has 2 rings (SSSR count). The van der Waals surface area contributed by atoms with Crippen LogP contribution < -0.4 is 5.73 Å². The highest BCUT2D eigenvalue weighted by Gasteiger charge is 2.28. The molecular weight excluding hydrogens is 266 g/mol. The zero-order valence-corrected chi connectivity index (χ0v) is 13.8. The lowest BCUT2D eigenvalue weighted by Crippen LogP contribution is -2.24. The van der Waals surface area contributed by atoms with Gasteiger partial charge in [-0.15, -0.1) is 0 Å². The van der Waals surface area contributed by atoms with E-state index in [0.717, 1.165) is 12.8 Å². The van der Waals surface area contributed by atoms with Gasteiger partial charge in [-0.2, -0.15) is 10.1 Å². The molecule has 2 heterocycles. The zero-order valence-electron chi connectivity index (χ0n) is 13.8. The Morgan fingerprint density at radius 3 is 2.43 bits per heavy atom. The van der Waals surface area contributed by atoms with Crippen molar-refractivity contribution in [2.24, 2.45) is 0 Å². The lowest BCUT2D eigenvalue weighted by molar-refractivity contribution is 0.294. The van der Waals surface area contributed by atoms with E-state index in [0.29, 0.717) is 23.1 Å². The smallest absolute Gasteiger partial charge is 0.232 e. The largest absolute Gasteiger partial charge is 0.383 e. The number of rotatable bonds is 4. The van der Waals surface area contributed by atoms with E-state index in [-0.39, 0.29) is 11.0 Å².